The van der Waals surface area contributed by atoms with E-state index >= 15 is 0 Å². The molecule has 4 aromatic carbocycles. The van der Waals surface area contributed by atoms with Crippen LogP contribution in [0.25, 0.3) is 22.3 Å². The number of nitrogens with zero attached hydrogens (tertiary/aromatic N) is 4. The lowest BCUT2D eigenvalue weighted by Crippen LogP contribution is -2.21. The van der Waals surface area contributed by atoms with Gasteiger partial charge in [0.2, 0.25) is 5.75 Å². The molecule has 0 aliphatic carbocycles. The van der Waals surface area contributed by atoms with E-state index in [2.05, 4.69) is 15.4 Å². The molecule has 0 unspecified atom stereocenters. The van der Waals surface area contributed by atoms with Gasteiger partial charge >= 0.3 is 5.69 Å². The van der Waals surface area contributed by atoms with E-state index in [-0.39, 0.29) is 22.2 Å². The third-order valence-corrected chi connectivity index (χ3v) is 6.26. The number of nitro benzene ring substituents is 1. The van der Waals surface area contributed by atoms with E-state index in [1.54, 1.807) is 60.7 Å². The van der Waals surface area contributed by atoms with Gasteiger partial charge in [0.05, 0.1) is 22.0 Å². The Morgan fingerprint density at radius 2 is 1.78 bits per heavy atom. The molecule has 11 heteroatoms. The largest absolute Gasteiger partial charge is 0.476 e. The smallest absolute Gasteiger partial charge is 0.313 e. The molecule has 41 heavy (non-hydrogen) atoms. The Bertz CT molecular complexity index is 1850. The van der Waals surface area contributed by atoms with Crippen LogP contribution >= 0.6 is 11.6 Å². The maximum absolute atomic E-state index is 13.5. The van der Waals surface area contributed by atoms with Gasteiger partial charge in [-0.2, -0.15) is 9.78 Å². The van der Waals surface area contributed by atoms with Crippen molar-refractivity contribution in [3.8, 4) is 17.1 Å². The molecule has 5 aromatic rings. The number of hydrogen-bond acceptors (Lipinski definition) is 7. The summed E-state index contributed by atoms with van der Waals surface area (Å²) in [4.78, 5) is 41.9. The summed E-state index contributed by atoms with van der Waals surface area (Å²) in [7, 11) is 0. The maximum Gasteiger partial charge on any atom is 0.313 e. The van der Waals surface area contributed by atoms with Gasteiger partial charge in [-0.25, -0.2) is 4.98 Å². The molecule has 0 radical (unpaired) electrons. The molecule has 1 N–H and O–H groups in total. The summed E-state index contributed by atoms with van der Waals surface area (Å²) in [5.74, 6) is -0.491. The van der Waals surface area contributed by atoms with E-state index in [4.69, 9.17) is 16.3 Å². The number of para-hydroxylation sites is 1. The number of hydrogen-bond donors (Lipinski definition) is 1. The van der Waals surface area contributed by atoms with Gasteiger partial charge in [0.25, 0.3) is 11.5 Å². The molecule has 1 heterocycles. The van der Waals surface area contributed by atoms with E-state index in [0.717, 1.165) is 16.3 Å². The number of carbonyl (C=O) groups is 1. The molecule has 1 aromatic heterocycles. The normalized spacial score (nSPS) is 11.1. The average Bonchev–Trinajstić information content (AvgIpc) is 2.97. The van der Waals surface area contributed by atoms with E-state index in [1.807, 2.05) is 25.1 Å². The van der Waals surface area contributed by atoms with Crippen molar-refractivity contribution >= 4 is 46.0 Å². The molecule has 1 amide bonds. The second kappa shape index (κ2) is 11.8. The van der Waals surface area contributed by atoms with Crippen LogP contribution in [0.1, 0.15) is 11.1 Å². The molecule has 10 nitrogen and oxygen atoms in total. The molecule has 0 atom stereocenters. The van der Waals surface area contributed by atoms with Gasteiger partial charge < -0.3 is 10.1 Å². The number of amides is 1. The molecule has 0 fully saturated rings. The van der Waals surface area contributed by atoms with Gasteiger partial charge in [0.1, 0.15) is 0 Å². The summed E-state index contributed by atoms with van der Waals surface area (Å²) >= 11 is 6.19. The Morgan fingerprint density at radius 3 is 2.51 bits per heavy atom. The zero-order valence-corrected chi connectivity index (χ0v) is 22.4. The quantitative estimate of drug-likeness (QED) is 0.143. The van der Waals surface area contributed by atoms with E-state index in [9.17, 15) is 19.7 Å². The fourth-order valence-electron chi connectivity index (χ4n) is 4.09. The van der Waals surface area contributed by atoms with Crippen LogP contribution in [-0.4, -0.2) is 33.3 Å². The molecule has 0 spiro atoms. The molecule has 5 rings (SSSR count). The molecule has 0 bridgehead atoms. The highest BCUT2D eigenvalue weighted by molar-refractivity contribution is 6.31. The van der Waals surface area contributed by atoms with Gasteiger partial charge in [0.15, 0.2) is 12.4 Å². The van der Waals surface area contributed by atoms with Crippen molar-refractivity contribution in [2.75, 3.05) is 11.9 Å². The summed E-state index contributed by atoms with van der Waals surface area (Å²) in [6.45, 7) is 1.40. The van der Waals surface area contributed by atoms with Crippen molar-refractivity contribution in [1.29, 1.82) is 0 Å². The first-order valence-corrected chi connectivity index (χ1v) is 12.8. The SMILES string of the molecule is Cc1ccc(NC(=O)COc2c(C=Nn3c(-c4ccccc4)nc4ccccc4c3=O)cc(Cl)cc2[N+](=O)[O-])cc1. The monoisotopic (exact) mass is 567 g/mol. The van der Waals surface area contributed by atoms with Crippen LogP contribution in [0.15, 0.2) is 101 Å². The van der Waals surface area contributed by atoms with Gasteiger partial charge in [-0.1, -0.05) is 71.8 Å². The van der Waals surface area contributed by atoms with Crippen LogP contribution < -0.4 is 15.6 Å². The molecular weight excluding hydrogens is 546 g/mol. The number of fused-ring (bicyclic) bond motifs is 1. The summed E-state index contributed by atoms with van der Waals surface area (Å²) in [5, 5.41) is 19.3. The molecular formula is C30H22ClN5O5. The summed E-state index contributed by atoms with van der Waals surface area (Å²) in [5.41, 5.74) is 1.88. The number of aryl methyl sites for hydroxylation is 1. The van der Waals surface area contributed by atoms with Crippen LogP contribution in [0.3, 0.4) is 0 Å². The highest BCUT2D eigenvalue weighted by atomic mass is 35.5. The van der Waals surface area contributed by atoms with E-state index in [0.29, 0.717) is 22.2 Å². The predicted octanol–water partition coefficient (Wildman–Crippen LogP) is 5.83. The topological polar surface area (TPSA) is 129 Å². The Balaban J connectivity index is 1.54. The Kier molecular flexibility index (Phi) is 7.84. The second-order valence-corrected chi connectivity index (χ2v) is 9.42. The van der Waals surface area contributed by atoms with Crippen molar-refractivity contribution < 1.29 is 14.5 Å². The molecule has 0 aliphatic rings. The number of aromatic nitrogens is 2. The second-order valence-electron chi connectivity index (χ2n) is 8.98. The molecule has 204 valence electrons. The third kappa shape index (κ3) is 6.13. The zero-order chi connectivity index (χ0) is 28.9. The zero-order valence-electron chi connectivity index (χ0n) is 21.7. The lowest BCUT2D eigenvalue weighted by molar-refractivity contribution is -0.385. The fourth-order valence-corrected chi connectivity index (χ4v) is 4.31. The number of ether oxygens (including phenoxy) is 1. The summed E-state index contributed by atoms with van der Waals surface area (Å²) < 4.78 is 6.75. The van der Waals surface area contributed by atoms with Crippen LogP contribution in [0.2, 0.25) is 5.02 Å². The molecule has 0 saturated carbocycles. The van der Waals surface area contributed by atoms with Gasteiger partial charge in [-0.15, -0.1) is 0 Å². The first-order valence-electron chi connectivity index (χ1n) is 12.4. The first kappa shape index (κ1) is 27.2. The van der Waals surface area contributed by atoms with Crippen molar-refractivity contribution in [3.05, 3.63) is 128 Å². The van der Waals surface area contributed by atoms with E-state index < -0.39 is 28.7 Å². The molecule has 0 aliphatic heterocycles. The number of halogens is 1. The maximum atomic E-state index is 13.5. The lowest BCUT2D eigenvalue weighted by atomic mass is 10.2. The summed E-state index contributed by atoms with van der Waals surface area (Å²) in [6, 6.07) is 25.5. The molecule has 0 saturated heterocycles. The lowest BCUT2D eigenvalue weighted by Gasteiger charge is -2.12. The number of nitro groups is 1. The van der Waals surface area contributed by atoms with Crippen molar-refractivity contribution in [2.24, 2.45) is 5.10 Å². The highest BCUT2D eigenvalue weighted by Gasteiger charge is 2.22. The Morgan fingerprint density at radius 1 is 1.07 bits per heavy atom. The van der Waals surface area contributed by atoms with Gasteiger partial charge in [-0.3, -0.25) is 19.7 Å². The van der Waals surface area contributed by atoms with Gasteiger partial charge in [0, 0.05) is 27.9 Å². The predicted molar refractivity (Wildman–Crippen MR) is 158 cm³/mol. The van der Waals surface area contributed by atoms with Crippen LogP contribution in [0, 0.1) is 17.0 Å². The highest BCUT2D eigenvalue weighted by Crippen LogP contribution is 2.34. The minimum atomic E-state index is -0.671. The van der Waals surface area contributed by atoms with Gasteiger partial charge in [-0.05, 0) is 37.3 Å². The fraction of sp³-hybridized carbons (Fsp3) is 0.0667. The standard InChI is InChI=1S/C30H22ClN5O5/c1-19-11-13-23(14-12-19)33-27(37)18-41-28-21(15-22(31)16-26(28)36(39)40)17-32-35-29(20-7-3-2-4-8-20)34-25-10-6-5-9-24(25)30(35)38/h2-17H,18H2,1H3,(H,33,37). The number of nitrogens with one attached hydrogen (secondary N) is 1. The number of carbonyl (C=O) groups excluding carboxylic acids is 1. The third-order valence-electron chi connectivity index (χ3n) is 6.04. The van der Waals surface area contributed by atoms with Crippen molar-refractivity contribution in [1.82, 2.24) is 9.66 Å². The Labute approximate surface area is 238 Å². The first-order chi connectivity index (χ1) is 19.8. The number of anilines is 1. The van der Waals surface area contributed by atoms with Crippen LogP contribution in [-0.2, 0) is 4.79 Å². The van der Waals surface area contributed by atoms with Crippen LogP contribution in [0.5, 0.6) is 5.75 Å². The minimum absolute atomic E-state index is 0.0434. The van der Waals surface area contributed by atoms with Crippen molar-refractivity contribution in [3.63, 3.8) is 0 Å². The summed E-state index contributed by atoms with van der Waals surface area (Å²) in [6.07, 6.45) is 1.22. The number of rotatable bonds is 8. The average molecular weight is 568 g/mol. The van der Waals surface area contributed by atoms with Crippen LogP contribution in [0.4, 0.5) is 11.4 Å². The minimum Gasteiger partial charge on any atom is -0.476 e. The van der Waals surface area contributed by atoms with Crippen molar-refractivity contribution in [2.45, 2.75) is 6.92 Å². The number of benzene rings is 4. The Hall–Kier alpha value is -5.35. The van der Waals surface area contributed by atoms with E-state index in [1.165, 1.54) is 12.3 Å².